The maximum Gasteiger partial charge on any atom is 0.364 e. The summed E-state index contributed by atoms with van der Waals surface area (Å²) in [6.07, 6.45) is -50.0. The van der Waals surface area contributed by atoms with Crippen LogP contribution in [0.2, 0.25) is 0 Å². The highest BCUT2D eigenvalue weighted by molar-refractivity contribution is 5.76. The lowest BCUT2D eigenvalue weighted by Crippen LogP contribution is -2.72. The number of hydrogen-bond acceptors (Lipinski definition) is 28. The summed E-state index contributed by atoms with van der Waals surface area (Å²) < 4.78 is 50.1. The maximum atomic E-state index is 13.4. The molecule has 0 radical (unpaired) electrons. The fraction of sp³-hybridized carbons (Fsp3) is 0.943. The number of aliphatic carboxylic acids is 1. The third-order valence-electron chi connectivity index (χ3n) is 11.7. The van der Waals surface area contributed by atoms with E-state index in [0.717, 1.165) is 6.92 Å². The van der Waals surface area contributed by atoms with Crippen molar-refractivity contribution in [2.75, 3.05) is 33.0 Å². The van der Waals surface area contributed by atoms with Gasteiger partial charge in [-0.05, 0) is 0 Å². The standard InChI is InChI=1S/C35H59NO29/c1-8(42)36-15-11(58-32-23(52)28(17(46)12(5-39)59-32)63-31-22(51)20(49)25(61-31)10(44)4-38)2-35(34(55)56,64-27(15)16(45)9(43)3-37)65-29-18(47)13(6-40)60-33(24(29)53)62-26-14(7-41)57-30(54)21(50)19(26)48/h9-33,37-41,43-54H,2-7H2,1H3,(H,36,42)(H,55,56)/t9-,10-,11+,12-,13-,14-,15-,16-,17+,18+,19-,20-,21-,22-,23-,24-,25+,26-,27-,28+,29+,30-,31+,32+,33+,35+/m1/s1. The minimum Gasteiger partial charge on any atom is -0.477 e. The van der Waals surface area contributed by atoms with E-state index in [1.165, 1.54) is 0 Å². The zero-order chi connectivity index (χ0) is 48.4. The first-order chi connectivity index (χ1) is 30.6. The van der Waals surface area contributed by atoms with Crippen LogP contribution in [0.15, 0.2) is 0 Å². The molecule has 0 aromatic rings. The summed E-state index contributed by atoms with van der Waals surface area (Å²) in [5, 5.41) is 191. The average Bonchev–Trinajstić information content (AvgIpc) is 3.56. The molecular formula is C35H59NO29. The molecule has 5 rings (SSSR count). The Kier molecular flexibility index (Phi) is 18.7. The second-order valence-electron chi connectivity index (χ2n) is 16.1. The van der Waals surface area contributed by atoms with Gasteiger partial charge in [-0.2, -0.15) is 0 Å². The van der Waals surface area contributed by atoms with Crippen molar-refractivity contribution in [2.45, 2.75) is 172 Å². The molecule has 1 amide bonds. The third kappa shape index (κ3) is 11.2. The van der Waals surface area contributed by atoms with Crippen molar-refractivity contribution < 1.29 is 144 Å². The average molecular weight is 958 g/mol. The largest absolute Gasteiger partial charge is 0.477 e. The summed E-state index contributed by atoms with van der Waals surface area (Å²) in [5.41, 5.74) is 0. The molecule has 5 aliphatic rings. The smallest absolute Gasteiger partial charge is 0.364 e. The SMILES string of the molecule is CC(=O)N[C@H]1[C@H]([C@H](O)[C@H](O)CO)O[C@@](O[C@H]2[C@@H](O)[C@@H](CO)O[C@@H](O[C@H]3[C@H](O)[C@@H](O)[C@H](O)O[C@@H]3CO)[C@@H]2O)(C(=O)O)C[C@@H]1O[C@H]1O[C@H](CO)[C@H](O)[C@H](O[C@@H]2O[C@@H]([C@H](O)CO)[C@H](O)[C@H]2O)[C@H]1O. The fourth-order valence-corrected chi connectivity index (χ4v) is 8.13. The summed E-state index contributed by atoms with van der Waals surface area (Å²) in [4.78, 5) is 26.1. The van der Waals surface area contributed by atoms with Crippen LogP contribution in [0, 0.1) is 0 Å². The molecule has 65 heavy (non-hydrogen) atoms. The molecular weight excluding hydrogens is 898 g/mol. The number of aliphatic hydroxyl groups is 17. The van der Waals surface area contributed by atoms with Crippen molar-refractivity contribution in [2.24, 2.45) is 0 Å². The first kappa shape index (κ1) is 53.8. The van der Waals surface area contributed by atoms with Crippen LogP contribution in [-0.4, -0.2) is 296 Å². The number of nitrogens with one attached hydrogen (secondary N) is 1. The fourth-order valence-electron chi connectivity index (χ4n) is 8.13. The summed E-state index contributed by atoms with van der Waals surface area (Å²) in [6, 6.07) is -1.85. The Bertz CT molecular complexity index is 1540. The second kappa shape index (κ2) is 22.5. The van der Waals surface area contributed by atoms with Gasteiger partial charge in [-0.3, -0.25) is 4.79 Å². The molecule has 0 spiro atoms. The molecule has 0 saturated carbocycles. The van der Waals surface area contributed by atoms with E-state index in [9.17, 15) is 102 Å². The highest BCUT2D eigenvalue weighted by Crippen LogP contribution is 2.41. The Hall–Kier alpha value is -2.10. The van der Waals surface area contributed by atoms with Gasteiger partial charge >= 0.3 is 5.97 Å². The Morgan fingerprint density at radius 1 is 0.615 bits per heavy atom. The normalized spacial score (nSPS) is 47.5. The van der Waals surface area contributed by atoms with Crippen LogP contribution >= 0.6 is 0 Å². The third-order valence-corrected chi connectivity index (χ3v) is 11.7. The zero-order valence-electron chi connectivity index (χ0n) is 34.2. The van der Waals surface area contributed by atoms with Gasteiger partial charge in [-0.15, -0.1) is 0 Å². The molecule has 19 N–H and O–H groups in total. The topological polar surface area (TPSA) is 493 Å². The van der Waals surface area contributed by atoms with Gasteiger partial charge in [0.05, 0.1) is 45.2 Å². The van der Waals surface area contributed by atoms with Gasteiger partial charge in [0.25, 0.3) is 5.79 Å². The van der Waals surface area contributed by atoms with Crippen LogP contribution in [0.4, 0.5) is 0 Å². The highest BCUT2D eigenvalue weighted by Gasteiger charge is 2.62. The summed E-state index contributed by atoms with van der Waals surface area (Å²) >= 11 is 0. The Morgan fingerprint density at radius 2 is 1.15 bits per heavy atom. The molecule has 0 aliphatic carbocycles. The van der Waals surface area contributed by atoms with Crippen molar-refractivity contribution in [1.82, 2.24) is 5.32 Å². The van der Waals surface area contributed by atoms with Crippen LogP contribution in [0.1, 0.15) is 13.3 Å². The molecule has 378 valence electrons. The monoisotopic (exact) mass is 957 g/mol. The lowest BCUT2D eigenvalue weighted by Gasteiger charge is -2.52. The molecule has 5 heterocycles. The van der Waals surface area contributed by atoms with Crippen molar-refractivity contribution in [3.8, 4) is 0 Å². The molecule has 0 bridgehead atoms. The van der Waals surface area contributed by atoms with Crippen molar-refractivity contribution in [3.05, 3.63) is 0 Å². The van der Waals surface area contributed by atoms with Crippen LogP contribution in [-0.2, 0) is 52.2 Å². The molecule has 0 unspecified atom stereocenters. The quantitative estimate of drug-likeness (QED) is 0.0606. The molecule has 30 nitrogen and oxygen atoms in total. The lowest BCUT2D eigenvalue weighted by molar-refractivity contribution is -0.392. The van der Waals surface area contributed by atoms with Gasteiger partial charge < -0.3 is 140 Å². The molecule has 26 atom stereocenters. The number of carbonyl (C=O) groups excluding carboxylic acids is 1. The molecule has 5 saturated heterocycles. The van der Waals surface area contributed by atoms with E-state index in [4.69, 9.17) is 42.6 Å². The zero-order valence-corrected chi connectivity index (χ0v) is 34.2. The number of rotatable bonds is 18. The predicted molar refractivity (Wildman–Crippen MR) is 195 cm³/mol. The molecule has 30 heteroatoms. The van der Waals surface area contributed by atoms with E-state index < -0.39 is 210 Å². The number of ether oxygens (including phenoxy) is 9. The van der Waals surface area contributed by atoms with Gasteiger partial charge in [0.2, 0.25) is 5.91 Å². The summed E-state index contributed by atoms with van der Waals surface area (Å²) in [7, 11) is 0. The van der Waals surface area contributed by atoms with Gasteiger partial charge in [0.1, 0.15) is 116 Å². The maximum absolute atomic E-state index is 13.4. The summed E-state index contributed by atoms with van der Waals surface area (Å²) in [5.74, 6) is -6.43. The van der Waals surface area contributed by atoms with Crippen molar-refractivity contribution >= 4 is 11.9 Å². The highest BCUT2D eigenvalue weighted by atomic mass is 16.8. The number of carboxylic acid groups (broad SMARTS) is 1. The minimum atomic E-state index is -3.34. The van der Waals surface area contributed by atoms with E-state index in [2.05, 4.69) is 5.32 Å². The number of aliphatic hydroxyl groups excluding tert-OH is 17. The van der Waals surface area contributed by atoms with E-state index in [1.54, 1.807) is 0 Å². The van der Waals surface area contributed by atoms with Gasteiger partial charge in [0, 0.05) is 13.3 Å². The van der Waals surface area contributed by atoms with Crippen LogP contribution in [0.5, 0.6) is 0 Å². The first-order valence-electron chi connectivity index (χ1n) is 20.2. The molecule has 5 fully saturated rings. The summed E-state index contributed by atoms with van der Waals surface area (Å²) in [6.45, 7) is -4.34. The van der Waals surface area contributed by atoms with E-state index in [-0.39, 0.29) is 0 Å². The second-order valence-corrected chi connectivity index (χ2v) is 16.1. The van der Waals surface area contributed by atoms with Crippen LogP contribution in [0.25, 0.3) is 0 Å². The van der Waals surface area contributed by atoms with Gasteiger partial charge in [0.15, 0.2) is 25.2 Å². The number of amides is 1. The van der Waals surface area contributed by atoms with Crippen LogP contribution < -0.4 is 5.32 Å². The Balaban J connectivity index is 1.51. The van der Waals surface area contributed by atoms with Crippen LogP contribution in [0.3, 0.4) is 0 Å². The van der Waals surface area contributed by atoms with Gasteiger partial charge in [-0.25, -0.2) is 4.79 Å². The first-order valence-corrected chi connectivity index (χ1v) is 20.2. The van der Waals surface area contributed by atoms with E-state index in [1.807, 2.05) is 0 Å². The van der Waals surface area contributed by atoms with E-state index >= 15 is 0 Å². The Labute approximate surface area is 366 Å². The molecule has 5 aliphatic heterocycles. The predicted octanol–water partition coefficient (Wildman–Crippen LogP) is -12.6. The lowest BCUT2D eigenvalue weighted by atomic mass is 9.87. The Morgan fingerprint density at radius 3 is 1.69 bits per heavy atom. The number of carboxylic acids is 1. The van der Waals surface area contributed by atoms with Gasteiger partial charge in [-0.1, -0.05) is 0 Å². The van der Waals surface area contributed by atoms with Crippen molar-refractivity contribution in [1.29, 1.82) is 0 Å². The minimum absolute atomic E-state index is 0.930. The molecule has 0 aromatic heterocycles. The molecule has 0 aromatic carbocycles. The number of hydrogen-bond donors (Lipinski definition) is 19. The van der Waals surface area contributed by atoms with E-state index in [0.29, 0.717) is 0 Å². The number of carbonyl (C=O) groups is 2. The van der Waals surface area contributed by atoms with Crippen molar-refractivity contribution in [3.63, 3.8) is 0 Å².